The summed E-state index contributed by atoms with van der Waals surface area (Å²) in [5.41, 5.74) is -9.40. The molecule has 0 saturated heterocycles. The normalized spacial score (nSPS) is 12.6. The summed E-state index contributed by atoms with van der Waals surface area (Å²) in [5, 5.41) is 10.8. The Hall–Kier alpha value is -3.82. The molecule has 0 aliphatic heterocycles. The van der Waals surface area contributed by atoms with Crippen LogP contribution in [0.4, 0.5) is 32.0 Å². The van der Waals surface area contributed by atoms with Gasteiger partial charge in [0.05, 0.1) is 23.7 Å². The maximum absolute atomic E-state index is 12.8. The Morgan fingerprint density at radius 3 is 2.12 bits per heavy atom. The van der Waals surface area contributed by atoms with Crippen LogP contribution in [0.3, 0.4) is 0 Å². The second kappa shape index (κ2) is 8.19. The second-order valence-corrected chi connectivity index (χ2v) is 7.97. The number of rotatable bonds is 5. The van der Waals surface area contributed by atoms with Crippen LogP contribution >= 0.6 is 0 Å². The summed E-state index contributed by atoms with van der Waals surface area (Å²) < 4.78 is 113. The van der Waals surface area contributed by atoms with Crippen molar-refractivity contribution in [2.24, 2.45) is 0 Å². The first-order valence-corrected chi connectivity index (χ1v) is 9.99. The van der Waals surface area contributed by atoms with Gasteiger partial charge in [0.1, 0.15) is 16.9 Å². The highest BCUT2D eigenvalue weighted by molar-refractivity contribution is 7.88. The van der Waals surface area contributed by atoms with Gasteiger partial charge < -0.3 is 13.3 Å². The lowest BCUT2D eigenvalue weighted by molar-refractivity contribution is -0.385. The van der Waals surface area contributed by atoms with Crippen LogP contribution in [0.25, 0.3) is 22.3 Å². The van der Waals surface area contributed by atoms with Gasteiger partial charge in [0, 0.05) is 17.0 Å². The number of hydrogen-bond acceptors (Lipinski definition) is 8. The Bertz CT molecular complexity index is 1390. The number of ether oxygens (including phenoxy) is 1. The summed E-state index contributed by atoms with van der Waals surface area (Å²) in [7, 11) is -5.44. The molecule has 0 saturated carbocycles. The zero-order valence-corrected chi connectivity index (χ0v) is 17.2. The number of benzene rings is 2. The molecule has 9 nitrogen and oxygen atoms in total. The number of halogens is 6. The molecular formula is C18H9F6NO8S. The number of fused-ring (bicyclic) bond motifs is 1. The zero-order valence-electron chi connectivity index (χ0n) is 16.4. The number of methoxy groups -OCH3 is 1. The van der Waals surface area contributed by atoms with Crippen molar-refractivity contribution < 1.29 is 57.8 Å². The number of carbonyl (C=O) groups excluding carboxylic acids is 1. The van der Waals surface area contributed by atoms with E-state index in [1.54, 1.807) is 0 Å². The van der Waals surface area contributed by atoms with Crippen LogP contribution in [-0.4, -0.2) is 31.9 Å². The molecule has 1 heterocycles. The molecule has 0 N–H and O–H groups in total. The van der Waals surface area contributed by atoms with E-state index in [1.807, 2.05) is 0 Å². The quantitative estimate of drug-likeness (QED) is 0.116. The highest BCUT2D eigenvalue weighted by atomic mass is 32.2. The molecule has 3 aromatic rings. The van der Waals surface area contributed by atoms with E-state index in [4.69, 9.17) is 4.42 Å². The third-order valence-corrected chi connectivity index (χ3v) is 5.28. The fraction of sp³-hybridized carbons (Fsp3) is 0.167. The molecule has 0 aliphatic rings. The summed E-state index contributed by atoms with van der Waals surface area (Å²) in [5.74, 6) is -3.02. The van der Waals surface area contributed by atoms with Crippen molar-refractivity contribution in [2.45, 2.75) is 11.7 Å². The highest BCUT2D eigenvalue weighted by Gasteiger charge is 2.49. The monoisotopic (exact) mass is 513 g/mol. The second-order valence-electron chi connectivity index (χ2n) is 6.43. The molecule has 16 heteroatoms. The molecule has 0 aliphatic carbocycles. The fourth-order valence-electron chi connectivity index (χ4n) is 2.81. The molecule has 1 aromatic heterocycles. The van der Waals surface area contributed by atoms with Crippen molar-refractivity contribution in [1.82, 2.24) is 0 Å². The van der Waals surface area contributed by atoms with Gasteiger partial charge in [-0.3, -0.25) is 10.1 Å². The summed E-state index contributed by atoms with van der Waals surface area (Å²) >= 11 is 0. The number of hydrogen-bond donors (Lipinski definition) is 0. The first-order valence-electron chi connectivity index (χ1n) is 8.58. The number of nitro benzene ring substituents is 1. The van der Waals surface area contributed by atoms with Gasteiger partial charge in [-0.05, 0) is 12.1 Å². The van der Waals surface area contributed by atoms with E-state index < -0.39 is 72.0 Å². The molecule has 0 radical (unpaired) electrons. The standard InChI is InChI=1S/C18H9F6NO8S/c1-31-16(26)14-10-6-13(33-34(29,30)18(22,23)24)11(25(27)28)7-12(10)32-15(14)8-2-4-9(5-3-8)17(19,20)21/h2-7H,1H3. The van der Waals surface area contributed by atoms with Gasteiger partial charge in [-0.15, -0.1) is 0 Å². The predicted octanol–water partition coefficient (Wildman–Crippen LogP) is 5.04. The number of esters is 1. The molecule has 3 rings (SSSR count). The van der Waals surface area contributed by atoms with Gasteiger partial charge in [0.15, 0.2) is 0 Å². The van der Waals surface area contributed by atoms with Crippen LogP contribution in [0.5, 0.6) is 5.75 Å². The average molecular weight is 513 g/mol. The topological polar surface area (TPSA) is 126 Å². The molecule has 34 heavy (non-hydrogen) atoms. The Morgan fingerprint density at radius 1 is 1.06 bits per heavy atom. The van der Waals surface area contributed by atoms with E-state index in [2.05, 4.69) is 8.92 Å². The van der Waals surface area contributed by atoms with Crippen molar-refractivity contribution in [3.63, 3.8) is 0 Å². The van der Waals surface area contributed by atoms with Gasteiger partial charge in [0.25, 0.3) is 0 Å². The smallest absolute Gasteiger partial charge is 0.465 e. The minimum atomic E-state index is -6.34. The van der Waals surface area contributed by atoms with Crippen molar-refractivity contribution in [2.75, 3.05) is 7.11 Å². The van der Waals surface area contributed by atoms with Crippen LogP contribution in [0.2, 0.25) is 0 Å². The van der Waals surface area contributed by atoms with Gasteiger partial charge in [0.2, 0.25) is 5.75 Å². The van der Waals surface area contributed by atoms with E-state index in [0.717, 1.165) is 19.2 Å². The number of carbonyl (C=O) groups is 1. The Kier molecular flexibility index (Phi) is 5.98. The third-order valence-electron chi connectivity index (χ3n) is 4.31. The first-order chi connectivity index (χ1) is 15.6. The van der Waals surface area contributed by atoms with Crippen LogP contribution < -0.4 is 4.18 Å². The summed E-state index contributed by atoms with van der Waals surface area (Å²) in [4.78, 5) is 22.4. The van der Waals surface area contributed by atoms with Gasteiger partial charge in [-0.2, -0.15) is 34.8 Å². The van der Waals surface area contributed by atoms with Crippen LogP contribution in [0.1, 0.15) is 15.9 Å². The maximum Gasteiger partial charge on any atom is 0.534 e. The predicted molar refractivity (Wildman–Crippen MR) is 100 cm³/mol. The van der Waals surface area contributed by atoms with E-state index in [9.17, 15) is 49.7 Å². The lowest BCUT2D eigenvalue weighted by atomic mass is 10.0. The van der Waals surface area contributed by atoms with Crippen molar-refractivity contribution in [1.29, 1.82) is 0 Å². The molecule has 0 atom stereocenters. The van der Waals surface area contributed by atoms with Crippen LogP contribution in [-0.2, 0) is 21.0 Å². The van der Waals surface area contributed by atoms with Gasteiger partial charge >= 0.3 is 33.5 Å². The number of furan rings is 1. The molecule has 0 spiro atoms. The zero-order chi connectivity index (χ0) is 25.6. The highest BCUT2D eigenvalue weighted by Crippen LogP contribution is 2.42. The Balaban J connectivity index is 2.29. The minimum Gasteiger partial charge on any atom is -0.465 e. The van der Waals surface area contributed by atoms with E-state index in [0.29, 0.717) is 24.3 Å². The molecular weight excluding hydrogens is 504 g/mol. The summed E-state index contributed by atoms with van der Waals surface area (Å²) in [6.45, 7) is 0. The Labute approximate surface area is 184 Å². The van der Waals surface area contributed by atoms with E-state index in [1.165, 1.54) is 0 Å². The molecule has 2 aromatic carbocycles. The fourth-order valence-corrected chi connectivity index (χ4v) is 3.27. The molecule has 0 unspecified atom stereocenters. The van der Waals surface area contributed by atoms with Crippen molar-refractivity contribution in [3.05, 3.63) is 57.6 Å². The first kappa shape index (κ1) is 24.8. The summed E-state index contributed by atoms with van der Waals surface area (Å²) in [6, 6.07) is 4.06. The van der Waals surface area contributed by atoms with Gasteiger partial charge in [-0.25, -0.2) is 4.79 Å². The number of alkyl halides is 6. The average Bonchev–Trinajstić information content (AvgIpc) is 3.09. The van der Waals surface area contributed by atoms with Gasteiger partial charge in [-0.1, -0.05) is 12.1 Å². The minimum absolute atomic E-state index is 0.127. The molecule has 182 valence electrons. The molecule has 0 amide bonds. The molecule has 0 bridgehead atoms. The lowest BCUT2D eigenvalue weighted by Crippen LogP contribution is -2.28. The number of nitro groups is 1. The van der Waals surface area contributed by atoms with E-state index in [-0.39, 0.29) is 5.56 Å². The Morgan fingerprint density at radius 2 is 1.65 bits per heavy atom. The maximum atomic E-state index is 12.8. The molecule has 0 fully saturated rings. The van der Waals surface area contributed by atoms with Crippen LogP contribution in [0.15, 0.2) is 40.8 Å². The summed E-state index contributed by atoms with van der Waals surface area (Å²) in [6.07, 6.45) is -4.69. The third kappa shape index (κ3) is 4.48. The van der Waals surface area contributed by atoms with Crippen LogP contribution in [0, 0.1) is 10.1 Å². The van der Waals surface area contributed by atoms with E-state index >= 15 is 0 Å². The largest absolute Gasteiger partial charge is 0.534 e. The SMILES string of the molecule is COC(=O)c1c(-c2ccc(C(F)(F)F)cc2)oc2cc([N+](=O)[O-])c(OS(=O)(=O)C(F)(F)F)cc12. The number of nitrogens with zero attached hydrogens (tertiary/aromatic N) is 1. The lowest BCUT2D eigenvalue weighted by Gasteiger charge is -2.09. The van der Waals surface area contributed by atoms with Crippen molar-refractivity contribution >= 4 is 32.7 Å². The van der Waals surface area contributed by atoms with Crippen molar-refractivity contribution in [3.8, 4) is 17.1 Å².